The van der Waals surface area contributed by atoms with Crippen molar-refractivity contribution >= 4 is 0 Å². The molecule has 51 heavy (non-hydrogen) atoms. The van der Waals surface area contributed by atoms with Crippen LogP contribution in [-0.4, -0.2) is 95.1 Å². The lowest BCUT2D eigenvalue weighted by atomic mass is 9.97. The van der Waals surface area contributed by atoms with Gasteiger partial charge in [-0.25, -0.2) is 0 Å². The number of aliphatic hydroxyl groups excluding tert-OH is 4. The molecule has 4 aromatic carbocycles. The van der Waals surface area contributed by atoms with Crippen LogP contribution in [0.25, 0.3) is 0 Å². The van der Waals surface area contributed by atoms with Crippen LogP contribution < -0.4 is 0 Å². The van der Waals surface area contributed by atoms with Gasteiger partial charge in [0.05, 0.1) is 39.6 Å². The molecule has 0 bridgehead atoms. The van der Waals surface area contributed by atoms with E-state index in [0.717, 1.165) is 22.3 Å². The molecule has 2 fully saturated rings. The summed E-state index contributed by atoms with van der Waals surface area (Å²) in [6.45, 7) is 0.862. The molecular weight excluding hydrogens is 656 g/mol. The zero-order valence-corrected chi connectivity index (χ0v) is 28.2. The molecule has 2 aliphatic rings. The van der Waals surface area contributed by atoms with Crippen molar-refractivity contribution in [3.05, 3.63) is 144 Å². The van der Waals surface area contributed by atoms with E-state index >= 15 is 0 Å². The Morgan fingerprint density at radius 1 is 0.412 bits per heavy atom. The highest BCUT2D eigenvalue weighted by Gasteiger charge is 2.50. The van der Waals surface area contributed by atoms with E-state index in [4.69, 9.17) is 33.2 Å². The standard InChI is InChI=1S/C40H46O11/c41-33-31(50-39(44)35(43)34(33)42)26-49-40-38(48-24-30-19-11-4-12-20-30)37(47-23-29-17-9-3-10-18-29)36(46-22-28-15-7-2-8-16-28)32(51-40)25-45-21-27-13-5-1-6-14-27/h1-20,31-44H,21-26H2/t31-,32-,33+,34+,35-,36-,37+,38-,39-,40-/m1/s1. The molecule has 6 rings (SSSR count). The summed E-state index contributed by atoms with van der Waals surface area (Å²) in [5.41, 5.74) is 3.82. The van der Waals surface area contributed by atoms with E-state index < -0.39 is 61.4 Å². The molecule has 272 valence electrons. The third-order valence-electron chi connectivity index (χ3n) is 8.95. The second kappa shape index (κ2) is 18.8. The molecule has 11 nitrogen and oxygen atoms in total. The lowest BCUT2D eigenvalue weighted by Gasteiger charge is -2.46. The number of aliphatic hydroxyl groups is 4. The van der Waals surface area contributed by atoms with Crippen LogP contribution in [-0.2, 0) is 59.6 Å². The molecule has 10 atom stereocenters. The highest BCUT2D eigenvalue weighted by atomic mass is 16.7. The Morgan fingerprint density at radius 2 is 0.863 bits per heavy atom. The van der Waals surface area contributed by atoms with Gasteiger partial charge in [-0.3, -0.25) is 0 Å². The second-order valence-electron chi connectivity index (χ2n) is 12.7. The van der Waals surface area contributed by atoms with Gasteiger partial charge in [0.1, 0.15) is 48.8 Å². The maximum atomic E-state index is 10.7. The molecule has 0 amide bonds. The van der Waals surface area contributed by atoms with E-state index in [-0.39, 0.29) is 33.0 Å². The molecule has 2 saturated heterocycles. The van der Waals surface area contributed by atoms with E-state index in [9.17, 15) is 20.4 Å². The second-order valence-corrected chi connectivity index (χ2v) is 12.7. The minimum Gasteiger partial charge on any atom is -0.387 e. The smallest absolute Gasteiger partial charge is 0.187 e. The molecule has 0 radical (unpaired) electrons. The van der Waals surface area contributed by atoms with Gasteiger partial charge in [0.15, 0.2) is 12.6 Å². The van der Waals surface area contributed by atoms with Gasteiger partial charge < -0.3 is 53.6 Å². The van der Waals surface area contributed by atoms with Crippen LogP contribution in [0.3, 0.4) is 0 Å². The van der Waals surface area contributed by atoms with Gasteiger partial charge >= 0.3 is 0 Å². The molecule has 0 aliphatic carbocycles. The average Bonchev–Trinajstić information content (AvgIpc) is 3.17. The summed E-state index contributed by atoms with van der Waals surface area (Å²) in [6.07, 6.45) is -11.8. The summed E-state index contributed by atoms with van der Waals surface area (Å²) >= 11 is 0. The summed E-state index contributed by atoms with van der Waals surface area (Å²) in [7, 11) is 0. The summed E-state index contributed by atoms with van der Waals surface area (Å²) in [6, 6.07) is 39.0. The highest BCUT2D eigenvalue weighted by molar-refractivity contribution is 5.16. The Kier molecular flexibility index (Phi) is 13.7. The van der Waals surface area contributed by atoms with Gasteiger partial charge in [-0.1, -0.05) is 121 Å². The van der Waals surface area contributed by atoms with Crippen molar-refractivity contribution in [2.45, 2.75) is 87.8 Å². The Morgan fingerprint density at radius 3 is 1.37 bits per heavy atom. The van der Waals surface area contributed by atoms with E-state index in [2.05, 4.69) is 0 Å². The van der Waals surface area contributed by atoms with Crippen LogP contribution >= 0.6 is 0 Å². The number of ether oxygens (including phenoxy) is 7. The highest BCUT2D eigenvalue weighted by Crippen LogP contribution is 2.32. The quantitative estimate of drug-likeness (QED) is 0.136. The van der Waals surface area contributed by atoms with E-state index in [1.54, 1.807) is 0 Å². The van der Waals surface area contributed by atoms with Gasteiger partial charge in [-0.05, 0) is 22.3 Å². The first-order chi connectivity index (χ1) is 25.0. The predicted octanol–water partition coefficient (Wildman–Crippen LogP) is 3.50. The van der Waals surface area contributed by atoms with E-state index in [1.807, 2.05) is 121 Å². The van der Waals surface area contributed by atoms with E-state index in [1.165, 1.54) is 0 Å². The molecule has 2 heterocycles. The van der Waals surface area contributed by atoms with Crippen molar-refractivity contribution in [1.29, 1.82) is 0 Å². The molecule has 4 aromatic rings. The van der Waals surface area contributed by atoms with Gasteiger partial charge in [0.2, 0.25) is 0 Å². The lowest BCUT2D eigenvalue weighted by Crippen LogP contribution is -2.63. The monoisotopic (exact) mass is 702 g/mol. The molecule has 2 aliphatic heterocycles. The lowest BCUT2D eigenvalue weighted by molar-refractivity contribution is -0.342. The Bertz CT molecular complexity index is 1550. The zero-order chi connectivity index (χ0) is 35.4. The molecule has 0 aromatic heterocycles. The number of hydrogen-bond acceptors (Lipinski definition) is 11. The van der Waals surface area contributed by atoms with Crippen molar-refractivity contribution in [2.75, 3.05) is 13.2 Å². The Labute approximate surface area is 297 Å². The van der Waals surface area contributed by atoms with Gasteiger partial charge in [-0.2, -0.15) is 0 Å². The summed E-state index contributed by atoms with van der Waals surface area (Å²) in [4.78, 5) is 0. The Hall–Kier alpha value is -3.56. The molecule has 0 spiro atoms. The molecule has 11 heteroatoms. The zero-order valence-electron chi connectivity index (χ0n) is 28.2. The third-order valence-corrected chi connectivity index (χ3v) is 8.95. The normalized spacial score (nSPS) is 29.5. The molecule has 0 unspecified atom stereocenters. The third kappa shape index (κ3) is 10.3. The van der Waals surface area contributed by atoms with Crippen LogP contribution in [0, 0.1) is 0 Å². The topological polar surface area (TPSA) is 146 Å². The predicted molar refractivity (Wildman–Crippen MR) is 185 cm³/mol. The van der Waals surface area contributed by atoms with Gasteiger partial charge in [-0.15, -0.1) is 0 Å². The first-order valence-electron chi connectivity index (χ1n) is 17.2. The van der Waals surface area contributed by atoms with E-state index in [0.29, 0.717) is 6.61 Å². The minimum atomic E-state index is -1.72. The first kappa shape index (κ1) is 37.2. The summed E-state index contributed by atoms with van der Waals surface area (Å²) < 4.78 is 44.4. The molecular formula is C40H46O11. The SMILES string of the molecule is O[C@@H]1[C@@H](O)[C@H](O)O[C@H](CO[C@@H]2O[C@H](COCc3ccccc3)[C@@H](OCc3ccccc3)[C@H](OCc3ccccc3)[C@H]2OCc2ccccc2)[C@@H]1O. The van der Waals surface area contributed by atoms with Crippen LogP contribution in [0.4, 0.5) is 0 Å². The number of hydrogen-bond donors (Lipinski definition) is 4. The van der Waals surface area contributed by atoms with Crippen molar-refractivity contribution < 1.29 is 53.6 Å². The largest absolute Gasteiger partial charge is 0.387 e. The summed E-state index contributed by atoms with van der Waals surface area (Å²) in [5.74, 6) is 0. The number of benzene rings is 4. The summed E-state index contributed by atoms with van der Waals surface area (Å²) in [5, 5.41) is 41.2. The Balaban J connectivity index is 1.29. The average molecular weight is 703 g/mol. The van der Waals surface area contributed by atoms with Crippen molar-refractivity contribution in [3.8, 4) is 0 Å². The number of rotatable bonds is 16. The first-order valence-corrected chi connectivity index (χ1v) is 17.2. The maximum absolute atomic E-state index is 10.7. The fourth-order valence-electron chi connectivity index (χ4n) is 6.14. The van der Waals surface area contributed by atoms with Crippen LogP contribution in [0.15, 0.2) is 121 Å². The van der Waals surface area contributed by atoms with Crippen molar-refractivity contribution in [2.24, 2.45) is 0 Å². The van der Waals surface area contributed by atoms with Gasteiger partial charge in [0.25, 0.3) is 0 Å². The molecule has 0 saturated carbocycles. The fourth-order valence-corrected chi connectivity index (χ4v) is 6.14. The maximum Gasteiger partial charge on any atom is 0.187 e. The minimum absolute atomic E-state index is 0.122. The van der Waals surface area contributed by atoms with Crippen LogP contribution in [0.5, 0.6) is 0 Å². The van der Waals surface area contributed by atoms with Crippen LogP contribution in [0.2, 0.25) is 0 Å². The van der Waals surface area contributed by atoms with Crippen LogP contribution in [0.1, 0.15) is 22.3 Å². The van der Waals surface area contributed by atoms with Gasteiger partial charge in [0, 0.05) is 0 Å². The fraction of sp³-hybridized carbons (Fsp3) is 0.400. The van der Waals surface area contributed by atoms with Crippen molar-refractivity contribution in [1.82, 2.24) is 0 Å². The molecule has 4 N–H and O–H groups in total. The van der Waals surface area contributed by atoms with Crippen molar-refractivity contribution in [3.63, 3.8) is 0 Å².